The van der Waals surface area contributed by atoms with Crippen LogP contribution in [0.2, 0.25) is 0 Å². The topological polar surface area (TPSA) is 112 Å². The van der Waals surface area contributed by atoms with E-state index in [0.717, 1.165) is 35.5 Å². The highest BCUT2D eigenvalue weighted by Crippen LogP contribution is 2.47. The van der Waals surface area contributed by atoms with Crippen LogP contribution in [0.5, 0.6) is 11.5 Å². The molecule has 218 valence electrons. The number of hydrogen-bond donors (Lipinski definition) is 3. The van der Waals surface area contributed by atoms with E-state index in [-0.39, 0.29) is 17.2 Å². The maximum Gasteiger partial charge on any atom is 0.254 e. The van der Waals surface area contributed by atoms with Gasteiger partial charge in [0.15, 0.2) is 17.3 Å². The van der Waals surface area contributed by atoms with E-state index in [2.05, 4.69) is 11.9 Å². The number of amides is 1. The van der Waals surface area contributed by atoms with Crippen molar-refractivity contribution < 1.29 is 18.7 Å². The molecule has 4 N–H and O–H groups in total. The SMILES string of the molecule is C=CN(C=N)CCCNC(=O)/C(=C/C)C(=O)c1cc(F)c(N2CCCC(N)C2)c2c1Cc1cc3ccccc3cc1O2. The number of rotatable bonds is 10. The van der Waals surface area contributed by atoms with E-state index in [4.69, 9.17) is 15.9 Å². The summed E-state index contributed by atoms with van der Waals surface area (Å²) in [6, 6.07) is 13.1. The van der Waals surface area contributed by atoms with Crippen LogP contribution >= 0.6 is 0 Å². The summed E-state index contributed by atoms with van der Waals surface area (Å²) in [4.78, 5) is 30.5. The molecular formula is C33H36FN5O3. The molecule has 9 heteroatoms. The van der Waals surface area contributed by atoms with E-state index in [0.29, 0.717) is 61.8 Å². The van der Waals surface area contributed by atoms with Gasteiger partial charge in [0.2, 0.25) is 0 Å². The summed E-state index contributed by atoms with van der Waals surface area (Å²) in [6.45, 7) is 7.16. The van der Waals surface area contributed by atoms with Crippen molar-refractivity contribution in [2.45, 2.75) is 38.6 Å². The lowest BCUT2D eigenvalue weighted by atomic mass is 9.89. The van der Waals surface area contributed by atoms with Crippen LogP contribution in [0.15, 0.2) is 66.9 Å². The highest BCUT2D eigenvalue weighted by Gasteiger charge is 2.33. The van der Waals surface area contributed by atoms with Gasteiger partial charge in [-0.05, 0) is 66.9 Å². The van der Waals surface area contributed by atoms with E-state index in [1.807, 2.05) is 41.3 Å². The van der Waals surface area contributed by atoms with Crippen LogP contribution in [0.1, 0.15) is 47.7 Å². The predicted molar refractivity (Wildman–Crippen MR) is 164 cm³/mol. The first-order valence-electron chi connectivity index (χ1n) is 14.3. The van der Waals surface area contributed by atoms with Gasteiger partial charge in [-0.1, -0.05) is 36.9 Å². The van der Waals surface area contributed by atoms with Crippen LogP contribution in [-0.4, -0.2) is 55.1 Å². The molecule has 0 saturated carbocycles. The van der Waals surface area contributed by atoms with Crippen molar-refractivity contribution in [1.29, 1.82) is 5.41 Å². The molecule has 42 heavy (non-hydrogen) atoms. The fraction of sp³-hybridized carbons (Fsp3) is 0.303. The summed E-state index contributed by atoms with van der Waals surface area (Å²) in [5.74, 6) is -0.752. The fourth-order valence-corrected chi connectivity index (χ4v) is 5.73. The zero-order chi connectivity index (χ0) is 29.8. The number of nitrogens with zero attached hydrogens (tertiary/aromatic N) is 2. The minimum atomic E-state index is -0.581. The lowest BCUT2D eigenvalue weighted by Gasteiger charge is -2.36. The Bertz CT molecular complexity index is 1580. The lowest BCUT2D eigenvalue weighted by Crippen LogP contribution is -2.43. The van der Waals surface area contributed by atoms with Gasteiger partial charge < -0.3 is 25.6 Å². The Morgan fingerprint density at radius 3 is 2.71 bits per heavy atom. The summed E-state index contributed by atoms with van der Waals surface area (Å²) in [5, 5.41) is 12.1. The number of Topliss-reactive ketones (excluding diaryl/α,β-unsaturated/α-hetero) is 1. The lowest BCUT2D eigenvalue weighted by molar-refractivity contribution is -0.117. The van der Waals surface area contributed by atoms with E-state index in [9.17, 15) is 9.59 Å². The van der Waals surface area contributed by atoms with E-state index >= 15 is 4.39 Å². The van der Waals surface area contributed by atoms with Crippen molar-refractivity contribution >= 4 is 34.5 Å². The molecule has 2 heterocycles. The Hall–Kier alpha value is -4.50. The molecule has 5 rings (SSSR count). The second kappa shape index (κ2) is 12.6. The van der Waals surface area contributed by atoms with Gasteiger partial charge in [-0.3, -0.25) is 15.0 Å². The molecule has 0 spiro atoms. The van der Waals surface area contributed by atoms with Crippen LogP contribution in [0.3, 0.4) is 0 Å². The second-order valence-electron chi connectivity index (χ2n) is 10.7. The molecule has 1 amide bonds. The van der Waals surface area contributed by atoms with Crippen LogP contribution in [0, 0.1) is 11.2 Å². The largest absolute Gasteiger partial charge is 0.454 e. The molecule has 0 radical (unpaired) electrons. The number of halogens is 1. The number of ketones is 1. The Labute approximate surface area is 245 Å². The number of piperidine rings is 1. The molecule has 1 fully saturated rings. The van der Waals surface area contributed by atoms with Gasteiger partial charge in [-0.15, -0.1) is 0 Å². The summed E-state index contributed by atoms with van der Waals surface area (Å²) >= 11 is 0. The number of fused-ring (bicyclic) bond motifs is 3. The number of allylic oxidation sites excluding steroid dienone is 1. The van der Waals surface area contributed by atoms with Crippen LogP contribution < -0.4 is 20.7 Å². The third-order valence-electron chi connectivity index (χ3n) is 7.90. The van der Waals surface area contributed by atoms with Gasteiger partial charge in [0.25, 0.3) is 5.91 Å². The Morgan fingerprint density at radius 1 is 1.26 bits per heavy atom. The standard InChI is InChI=1S/C33H36FN5O3/c1-3-25(33(41)37-12-8-13-38(4-2)20-35)31(40)26-18-28(34)30(39-14-7-11-24(36)19-39)32-27(26)16-23-15-21-9-5-6-10-22(21)17-29(23)42-32/h3-6,9-10,15,17-18,20,24,35H,2,7-8,11-14,16,19,36H2,1H3,(H,37,41)/b25-3+,35-20?. The van der Waals surface area contributed by atoms with Crippen LogP contribution in [-0.2, 0) is 11.2 Å². The molecule has 3 aromatic rings. The first-order valence-corrected chi connectivity index (χ1v) is 14.3. The molecule has 0 aliphatic carbocycles. The molecule has 3 aromatic carbocycles. The number of nitrogens with two attached hydrogens (primary N) is 1. The van der Waals surface area contributed by atoms with E-state index in [1.165, 1.54) is 18.3 Å². The number of ether oxygens (including phenoxy) is 1. The molecule has 2 aliphatic heterocycles. The van der Waals surface area contributed by atoms with Crippen molar-refractivity contribution in [3.63, 3.8) is 0 Å². The number of carbonyl (C=O) groups excluding carboxylic acids is 2. The van der Waals surface area contributed by atoms with Crippen molar-refractivity contribution in [2.75, 3.05) is 31.1 Å². The highest BCUT2D eigenvalue weighted by atomic mass is 19.1. The van der Waals surface area contributed by atoms with Gasteiger partial charge >= 0.3 is 0 Å². The summed E-state index contributed by atoms with van der Waals surface area (Å²) in [6.07, 6.45) is 6.72. The third-order valence-corrected chi connectivity index (χ3v) is 7.90. The predicted octanol–water partition coefficient (Wildman–Crippen LogP) is 5.29. The highest BCUT2D eigenvalue weighted by molar-refractivity contribution is 6.26. The molecule has 1 saturated heterocycles. The Morgan fingerprint density at radius 2 is 2.02 bits per heavy atom. The van der Waals surface area contributed by atoms with E-state index in [1.54, 1.807) is 11.8 Å². The number of anilines is 1. The minimum absolute atomic E-state index is 0.0683. The zero-order valence-electron chi connectivity index (χ0n) is 23.8. The van der Waals surface area contributed by atoms with Crippen molar-refractivity contribution in [3.05, 3.63) is 89.4 Å². The summed E-state index contributed by atoms with van der Waals surface area (Å²) in [7, 11) is 0. The van der Waals surface area contributed by atoms with Crippen LogP contribution in [0.4, 0.5) is 10.1 Å². The Balaban J connectivity index is 1.50. The molecule has 8 nitrogen and oxygen atoms in total. The maximum absolute atomic E-state index is 16.0. The monoisotopic (exact) mass is 569 g/mol. The molecule has 2 aliphatic rings. The fourth-order valence-electron chi connectivity index (χ4n) is 5.73. The number of benzene rings is 3. The second-order valence-corrected chi connectivity index (χ2v) is 10.7. The summed E-state index contributed by atoms with van der Waals surface area (Å²) < 4.78 is 22.5. The molecule has 1 atom stereocenters. The average molecular weight is 570 g/mol. The van der Waals surface area contributed by atoms with Gasteiger partial charge in [0.1, 0.15) is 11.4 Å². The normalized spacial score (nSPS) is 16.2. The average Bonchev–Trinajstić information content (AvgIpc) is 2.99. The zero-order valence-corrected chi connectivity index (χ0v) is 23.8. The van der Waals surface area contributed by atoms with Crippen LogP contribution in [0.25, 0.3) is 10.8 Å². The van der Waals surface area contributed by atoms with Gasteiger partial charge in [0, 0.05) is 49.8 Å². The third kappa shape index (κ3) is 5.78. The van der Waals surface area contributed by atoms with Gasteiger partial charge in [0.05, 0.1) is 11.9 Å². The Kier molecular flexibility index (Phi) is 8.68. The first-order chi connectivity index (χ1) is 20.3. The smallest absolute Gasteiger partial charge is 0.254 e. The molecule has 0 bridgehead atoms. The summed E-state index contributed by atoms with van der Waals surface area (Å²) in [5.41, 5.74) is 8.03. The van der Waals surface area contributed by atoms with Crippen molar-refractivity contribution in [2.24, 2.45) is 5.73 Å². The van der Waals surface area contributed by atoms with Gasteiger partial charge in [-0.2, -0.15) is 0 Å². The molecule has 0 aromatic heterocycles. The number of hydrogen-bond acceptors (Lipinski definition) is 6. The molecular weight excluding hydrogens is 533 g/mol. The number of nitrogens with one attached hydrogen (secondary N) is 2. The quantitative estimate of drug-likeness (QED) is 0.0455. The molecule has 1 unspecified atom stereocenters. The van der Waals surface area contributed by atoms with Crippen molar-refractivity contribution in [3.8, 4) is 11.5 Å². The number of carbonyl (C=O) groups is 2. The maximum atomic E-state index is 16.0. The first kappa shape index (κ1) is 29.0. The minimum Gasteiger partial charge on any atom is -0.454 e. The van der Waals surface area contributed by atoms with Gasteiger partial charge in [-0.25, -0.2) is 4.39 Å². The van der Waals surface area contributed by atoms with E-state index < -0.39 is 17.5 Å². The van der Waals surface area contributed by atoms with Crippen molar-refractivity contribution in [1.82, 2.24) is 10.2 Å².